The van der Waals surface area contributed by atoms with Gasteiger partial charge in [0.25, 0.3) is 6.69 Å². The van der Waals surface area contributed by atoms with E-state index in [2.05, 4.69) is 19.6 Å². The van der Waals surface area contributed by atoms with Gasteiger partial charge in [-0.2, -0.15) is 11.1 Å². The molecular formula is C11H26Cl6Si3. The maximum absolute atomic E-state index is 6.16. The summed E-state index contributed by atoms with van der Waals surface area (Å²) in [5.41, 5.74) is 0. The Morgan fingerprint density at radius 2 is 1.20 bits per heavy atom. The number of hydrogen-bond donors (Lipinski definition) is 0. The van der Waals surface area contributed by atoms with Crippen molar-refractivity contribution in [2.45, 2.75) is 69.5 Å². The van der Waals surface area contributed by atoms with Crippen LogP contribution in [0.25, 0.3) is 0 Å². The molecule has 0 radical (unpaired) electrons. The van der Waals surface area contributed by atoms with E-state index in [0.717, 1.165) is 18.9 Å². The second kappa shape index (κ2) is 9.63. The van der Waals surface area contributed by atoms with Gasteiger partial charge in [0.15, 0.2) is 0 Å². The molecule has 1 atom stereocenters. The molecule has 1 unspecified atom stereocenters. The van der Waals surface area contributed by atoms with Crippen LogP contribution in [0.3, 0.4) is 0 Å². The lowest BCUT2D eigenvalue weighted by molar-refractivity contribution is 0.620. The molecule has 0 spiro atoms. The summed E-state index contributed by atoms with van der Waals surface area (Å²) >= 11 is 35.0. The zero-order valence-corrected chi connectivity index (χ0v) is 20.6. The van der Waals surface area contributed by atoms with Crippen LogP contribution in [0.4, 0.5) is 0 Å². The van der Waals surface area contributed by atoms with E-state index in [-0.39, 0.29) is 4.50 Å². The predicted octanol–water partition coefficient (Wildman–Crippen LogP) is 7.85. The highest BCUT2D eigenvalue weighted by atomic mass is 35.7. The van der Waals surface area contributed by atoms with Crippen molar-refractivity contribution in [2.75, 3.05) is 0 Å². The minimum atomic E-state index is -2.11. The smallest absolute Gasteiger partial charge is 0.168 e. The van der Waals surface area contributed by atoms with Crippen molar-refractivity contribution in [3.63, 3.8) is 0 Å². The van der Waals surface area contributed by atoms with E-state index in [1.807, 2.05) is 20.0 Å². The molecule has 0 N–H and O–H groups in total. The lowest BCUT2D eigenvalue weighted by Crippen LogP contribution is -2.46. The molecule has 1 heterocycles. The van der Waals surface area contributed by atoms with E-state index in [1.54, 1.807) is 0 Å². The van der Waals surface area contributed by atoms with Gasteiger partial charge >= 0.3 is 0 Å². The van der Waals surface area contributed by atoms with Gasteiger partial charge in [-0.3, -0.25) is 0 Å². The van der Waals surface area contributed by atoms with E-state index in [0.29, 0.717) is 0 Å². The summed E-state index contributed by atoms with van der Waals surface area (Å²) < 4.78 is -0.283. The lowest BCUT2D eigenvalue weighted by atomic mass is 10.2. The first-order valence-corrected chi connectivity index (χ1v) is 20.7. The van der Waals surface area contributed by atoms with Crippen LogP contribution in [-0.2, 0) is 0 Å². The molecule has 0 aromatic carbocycles. The van der Waals surface area contributed by atoms with Gasteiger partial charge in [-0.05, 0) is 32.5 Å². The summed E-state index contributed by atoms with van der Waals surface area (Å²) in [6.07, 6.45) is 3.31. The van der Waals surface area contributed by atoms with Gasteiger partial charge in [-0.1, -0.05) is 32.5 Å². The monoisotopic (exact) mass is 452 g/mol. The quantitative estimate of drug-likeness (QED) is 0.198. The lowest BCUT2D eigenvalue weighted by Gasteiger charge is -2.36. The van der Waals surface area contributed by atoms with Crippen LogP contribution in [0, 0.1) is 0 Å². The summed E-state index contributed by atoms with van der Waals surface area (Å²) in [6.45, 7) is 8.19. The highest BCUT2D eigenvalue weighted by Crippen LogP contribution is 2.45. The normalized spacial score (nSPS) is 25.8. The second-order valence-electron chi connectivity index (χ2n) is 6.50. The Bertz CT molecular complexity index is 230. The highest BCUT2D eigenvalue weighted by Gasteiger charge is 2.49. The largest absolute Gasteiger partial charge is 0.271 e. The van der Waals surface area contributed by atoms with Crippen LogP contribution < -0.4 is 0 Å². The molecule has 20 heavy (non-hydrogen) atoms. The average molecular weight is 455 g/mol. The molecule has 9 heteroatoms. The summed E-state index contributed by atoms with van der Waals surface area (Å²) in [5.74, 6) is 0. The van der Waals surface area contributed by atoms with Gasteiger partial charge in [0, 0.05) is 0 Å². The van der Waals surface area contributed by atoms with Gasteiger partial charge < -0.3 is 0 Å². The molecule has 1 rings (SSSR count). The summed E-state index contributed by atoms with van der Waals surface area (Å²) in [4.78, 5) is 0. The van der Waals surface area contributed by atoms with Crippen LogP contribution in [-0.4, -0.2) is 25.3 Å². The van der Waals surface area contributed by atoms with E-state index in [4.69, 9.17) is 67.0 Å². The number of alkyl halides is 1. The topological polar surface area (TPSA) is 0 Å². The third kappa shape index (κ3) is 18.4. The zero-order valence-electron chi connectivity index (χ0n) is 13.1. The first-order valence-electron chi connectivity index (χ1n) is 6.59. The number of halogens is 6. The Morgan fingerprint density at radius 1 is 0.900 bits per heavy atom. The molecule has 0 saturated carbocycles. The fraction of sp³-hybridized carbons (Fsp3) is 1.00. The van der Waals surface area contributed by atoms with Crippen molar-refractivity contribution in [1.82, 2.24) is 0 Å². The van der Waals surface area contributed by atoms with Gasteiger partial charge in [0.05, 0.1) is 4.50 Å². The summed E-state index contributed by atoms with van der Waals surface area (Å²) in [7, 11) is -1.14. The van der Waals surface area contributed by atoms with Crippen LogP contribution in [0.5, 0.6) is 0 Å². The second-order valence-corrected chi connectivity index (χ2v) is 31.6. The van der Waals surface area contributed by atoms with Crippen LogP contribution in [0.15, 0.2) is 0 Å². The highest BCUT2D eigenvalue weighted by molar-refractivity contribution is 7.48. The SMILES string of the molecule is CC1(Cl)CCCC[Si]1(Cl)Cl.C[Si](C)(C)Cl.C[Si](C)(Cl)Cl. The summed E-state index contributed by atoms with van der Waals surface area (Å²) in [6, 6.07) is 0.954. The zero-order chi connectivity index (χ0) is 16.8. The molecule has 0 nitrogen and oxygen atoms in total. The molecule has 1 aliphatic heterocycles. The van der Waals surface area contributed by atoms with Crippen molar-refractivity contribution in [1.29, 1.82) is 0 Å². The fourth-order valence-corrected chi connectivity index (χ4v) is 4.79. The van der Waals surface area contributed by atoms with Crippen LogP contribution >= 0.6 is 67.0 Å². The third-order valence-corrected chi connectivity index (χ3v) is 10.3. The first kappa shape index (κ1) is 24.6. The molecule has 0 bridgehead atoms. The van der Waals surface area contributed by atoms with Crippen molar-refractivity contribution < 1.29 is 0 Å². The Morgan fingerprint density at radius 3 is 1.35 bits per heavy atom. The van der Waals surface area contributed by atoms with E-state index in [1.165, 1.54) is 6.42 Å². The molecular weight excluding hydrogens is 429 g/mol. The molecule has 1 saturated heterocycles. The van der Waals surface area contributed by atoms with E-state index >= 15 is 0 Å². The van der Waals surface area contributed by atoms with Gasteiger partial charge in [0.2, 0.25) is 6.69 Å². The Balaban J connectivity index is 0. The standard InChI is InChI=1S/C6H11Cl3Si.C3H9ClSi.C2H6Cl2Si/c1-6(7)4-2-3-5-10(6,8)9;2*1-5(2,3)4/h2-5H2,1H3;1-3H3;1-2H3. The third-order valence-electron chi connectivity index (χ3n) is 2.15. The molecule has 124 valence electrons. The molecule has 0 amide bonds. The van der Waals surface area contributed by atoms with Crippen molar-refractivity contribution in [3.8, 4) is 0 Å². The molecule has 1 aliphatic rings. The molecule has 0 aliphatic carbocycles. The Kier molecular flexibility index (Phi) is 11.9. The maximum atomic E-state index is 6.16. The molecule has 0 aromatic heterocycles. The Labute approximate surface area is 156 Å². The van der Waals surface area contributed by atoms with E-state index in [9.17, 15) is 0 Å². The average Bonchev–Trinajstić information content (AvgIpc) is 2.04. The predicted molar refractivity (Wildman–Crippen MR) is 109 cm³/mol. The van der Waals surface area contributed by atoms with Crippen molar-refractivity contribution >= 4 is 87.8 Å². The van der Waals surface area contributed by atoms with E-state index < -0.39 is 20.8 Å². The number of hydrogen-bond acceptors (Lipinski definition) is 0. The Hall–Kier alpha value is 2.39. The van der Waals surface area contributed by atoms with Gasteiger partial charge in [-0.25, -0.2) is 0 Å². The van der Waals surface area contributed by atoms with Gasteiger partial charge in [-0.15, -0.1) is 55.9 Å². The van der Waals surface area contributed by atoms with Crippen molar-refractivity contribution in [2.24, 2.45) is 0 Å². The van der Waals surface area contributed by atoms with Crippen LogP contribution in [0.2, 0.25) is 38.8 Å². The maximum Gasteiger partial charge on any atom is 0.271 e. The summed E-state index contributed by atoms with van der Waals surface area (Å²) in [5, 5.41) is 0. The van der Waals surface area contributed by atoms with Crippen molar-refractivity contribution in [3.05, 3.63) is 0 Å². The first-order chi connectivity index (χ1) is 8.46. The van der Waals surface area contributed by atoms with Gasteiger partial charge in [0.1, 0.15) is 7.38 Å². The molecule has 1 fully saturated rings. The minimum Gasteiger partial charge on any atom is -0.168 e. The fourth-order valence-electron chi connectivity index (χ4n) is 1.25. The molecule has 0 aromatic rings. The minimum absolute atomic E-state index is 0.283. The van der Waals surface area contributed by atoms with Crippen LogP contribution in [0.1, 0.15) is 26.2 Å². The number of rotatable bonds is 0.